The predicted octanol–water partition coefficient (Wildman–Crippen LogP) is 11.4. The minimum absolute atomic E-state index is 0.811. The van der Waals surface area contributed by atoms with Gasteiger partial charge in [-0.05, 0) is 117 Å². The first kappa shape index (κ1) is 32.5. The Hall–Kier alpha value is -7.44. The third kappa shape index (κ3) is 6.92. The molecule has 0 fully saturated rings. The molecule has 0 saturated heterocycles. The summed E-state index contributed by atoms with van der Waals surface area (Å²) in [4.78, 5) is 28.1. The van der Waals surface area contributed by atoms with Crippen LogP contribution in [0.25, 0.3) is 90.1 Å². The monoisotopic (exact) mass is 692 g/mol. The van der Waals surface area contributed by atoms with Gasteiger partial charge in [-0.15, -0.1) is 0 Å². The maximum absolute atomic E-state index is 4.92. The minimum atomic E-state index is 0.811. The molecule has 0 atom stereocenters. The summed E-state index contributed by atoms with van der Waals surface area (Å²) in [5.41, 5.74) is 15.5. The number of hydrogen-bond donors (Lipinski definition) is 0. The average molecular weight is 693 g/mol. The highest BCUT2D eigenvalue weighted by molar-refractivity contribution is 5.79. The quantitative estimate of drug-likeness (QED) is 0.158. The molecule has 0 aliphatic heterocycles. The van der Waals surface area contributed by atoms with Gasteiger partial charge in [0.25, 0.3) is 0 Å². The molecule has 6 heterocycles. The molecule has 0 saturated carbocycles. The summed E-state index contributed by atoms with van der Waals surface area (Å²) in [6.07, 6.45) is 7.17. The molecule has 3 aromatic carbocycles. The molecule has 6 nitrogen and oxygen atoms in total. The molecule has 6 heteroatoms. The van der Waals surface area contributed by atoms with E-state index in [4.69, 9.17) is 9.97 Å². The van der Waals surface area contributed by atoms with Crippen LogP contribution in [0.3, 0.4) is 0 Å². The van der Waals surface area contributed by atoms with Crippen molar-refractivity contribution in [2.24, 2.45) is 0 Å². The van der Waals surface area contributed by atoms with E-state index in [0.717, 1.165) is 90.1 Å². The molecule has 9 rings (SSSR count). The van der Waals surface area contributed by atoms with Crippen molar-refractivity contribution in [3.8, 4) is 90.1 Å². The Kier molecular flexibility index (Phi) is 8.81. The summed E-state index contributed by atoms with van der Waals surface area (Å²) in [5, 5.41) is 0. The fraction of sp³-hybridized carbons (Fsp3) is 0. The van der Waals surface area contributed by atoms with Crippen LogP contribution < -0.4 is 0 Å². The Morgan fingerprint density at radius 2 is 0.426 bits per heavy atom. The van der Waals surface area contributed by atoms with Crippen LogP contribution in [0.4, 0.5) is 0 Å². The van der Waals surface area contributed by atoms with Gasteiger partial charge in [-0.25, -0.2) is 9.97 Å². The van der Waals surface area contributed by atoms with E-state index in [9.17, 15) is 0 Å². The van der Waals surface area contributed by atoms with Gasteiger partial charge >= 0.3 is 0 Å². The van der Waals surface area contributed by atoms with E-state index >= 15 is 0 Å². The van der Waals surface area contributed by atoms with Crippen molar-refractivity contribution in [2.75, 3.05) is 0 Å². The first-order chi connectivity index (χ1) is 26.7. The van der Waals surface area contributed by atoms with Crippen molar-refractivity contribution >= 4 is 0 Å². The number of nitrogens with zero attached hydrogens (tertiary/aromatic N) is 6. The molecule has 254 valence electrons. The topological polar surface area (TPSA) is 77.3 Å². The fourth-order valence-electron chi connectivity index (χ4n) is 6.54. The molecule has 0 amide bonds. The number of pyridine rings is 6. The van der Waals surface area contributed by atoms with E-state index in [-0.39, 0.29) is 0 Å². The second-order valence-electron chi connectivity index (χ2n) is 12.8. The van der Waals surface area contributed by atoms with Crippen molar-refractivity contribution < 1.29 is 0 Å². The second kappa shape index (κ2) is 14.7. The van der Waals surface area contributed by atoms with Crippen LogP contribution in [0.5, 0.6) is 0 Å². The third-order valence-corrected chi connectivity index (χ3v) is 9.35. The standard InChI is InChI=1S/C48H32N6/c1-5-25-49-41(9-1)45-29-39(30-46(53-45)42-10-2-6-26-50-42)37-21-17-35(18-22-37)33-13-15-34(16-14-33)36-19-23-38(24-20-36)40-31-47(43-11-3-7-27-51-43)54-48(32-40)44-12-4-8-28-52-44/h1-32H. The van der Waals surface area contributed by atoms with Gasteiger partial charge in [0, 0.05) is 24.8 Å². The van der Waals surface area contributed by atoms with Gasteiger partial charge in [0.2, 0.25) is 0 Å². The van der Waals surface area contributed by atoms with Gasteiger partial charge < -0.3 is 0 Å². The lowest BCUT2D eigenvalue weighted by molar-refractivity contribution is 1.22. The van der Waals surface area contributed by atoms with Crippen molar-refractivity contribution in [3.63, 3.8) is 0 Å². The molecular weight excluding hydrogens is 661 g/mol. The van der Waals surface area contributed by atoms with Crippen molar-refractivity contribution in [1.82, 2.24) is 29.9 Å². The zero-order valence-electron chi connectivity index (χ0n) is 29.2. The molecule has 0 bridgehead atoms. The summed E-state index contributed by atoms with van der Waals surface area (Å²) < 4.78 is 0. The van der Waals surface area contributed by atoms with Gasteiger partial charge in [-0.2, -0.15) is 0 Å². The van der Waals surface area contributed by atoms with Crippen molar-refractivity contribution in [3.05, 3.63) is 195 Å². The second-order valence-corrected chi connectivity index (χ2v) is 12.8. The van der Waals surface area contributed by atoms with Gasteiger partial charge in [-0.3, -0.25) is 19.9 Å². The maximum atomic E-state index is 4.92. The Bertz CT molecular complexity index is 2340. The molecule has 0 aliphatic rings. The molecule has 9 aromatic rings. The summed E-state index contributed by atoms with van der Waals surface area (Å²) >= 11 is 0. The normalized spacial score (nSPS) is 11.0. The largest absolute Gasteiger partial charge is 0.255 e. The lowest BCUT2D eigenvalue weighted by Crippen LogP contribution is -1.94. The number of aromatic nitrogens is 6. The van der Waals surface area contributed by atoms with Crippen LogP contribution in [-0.4, -0.2) is 29.9 Å². The molecule has 6 aromatic heterocycles. The Morgan fingerprint density at radius 1 is 0.204 bits per heavy atom. The zero-order valence-corrected chi connectivity index (χ0v) is 29.2. The van der Waals surface area contributed by atoms with E-state index in [1.165, 1.54) is 0 Å². The molecular formula is C48H32N6. The van der Waals surface area contributed by atoms with Gasteiger partial charge in [0.15, 0.2) is 0 Å². The van der Waals surface area contributed by atoms with E-state index < -0.39 is 0 Å². The van der Waals surface area contributed by atoms with Crippen molar-refractivity contribution in [2.45, 2.75) is 0 Å². The van der Waals surface area contributed by atoms with E-state index in [0.29, 0.717) is 0 Å². The van der Waals surface area contributed by atoms with Gasteiger partial charge in [0.05, 0.1) is 45.6 Å². The lowest BCUT2D eigenvalue weighted by Gasteiger charge is -2.11. The SMILES string of the molecule is c1ccc(-c2cc(-c3ccc(-c4ccc(-c5ccc(-c6cc(-c7ccccn7)nc(-c7ccccn7)c6)cc5)cc4)cc3)cc(-c3ccccn3)n2)nc1. The molecule has 0 spiro atoms. The van der Waals surface area contributed by atoms with Crippen LogP contribution in [0, 0.1) is 0 Å². The third-order valence-electron chi connectivity index (χ3n) is 9.35. The fourth-order valence-corrected chi connectivity index (χ4v) is 6.54. The first-order valence-electron chi connectivity index (χ1n) is 17.7. The van der Waals surface area contributed by atoms with Crippen molar-refractivity contribution in [1.29, 1.82) is 0 Å². The van der Waals surface area contributed by atoms with Gasteiger partial charge in [-0.1, -0.05) is 97.1 Å². The smallest absolute Gasteiger partial charge is 0.0900 e. The van der Waals surface area contributed by atoms with Crippen LogP contribution in [0.1, 0.15) is 0 Å². The Morgan fingerprint density at radius 3 is 0.630 bits per heavy atom. The summed E-state index contributed by atoms with van der Waals surface area (Å²) in [6.45, 7) is 0. The summed E-state index contributed by atoms with van der Waals surface area (Å²) in [7, 11) is 0. The molecule has 54 heavy (non-hydrogen) atoms. The minimum Gasteiger partial charge on any atom is -0.255 e. The maximum Gasteiger partial charge on any atom is 0.0900 e. The highest BCUT2D eigenvalue weighted by atomic mass is 14.8. The summed E-state index contributed by atoms with van der Waals surface area (Å²) in [5.74, 6) is 0. The number of benzene rings is 3. The van der Waals surface area contributed by atoms with Crippen LogP contribution in [0.15, 0.2) is 195 Å². The highest BCUT2D eigenvalue weighted by Crippen LogP contribution is 2.33. The lowest BCUT2D eigenvalue weighted by atomic mass is 9.96. The van der Waals surface area contributed by atoms with E-state index in [1.54, 1.807) is 24.8 Å². The number of hydrogen-bond acceptors (Lipinski definition) is 6. The molecule has 0 unspecified atom stereocenters. The predicted molar refractivity (Wildman–Crippen MR) is 217 cm³/mol. The number of rotatable bonds is 8. The molecule has 0 N–H and O–H groups in total. The first-order valence-corrected chi connectivity index (χ1v) is 17.7. The highest BCUT2D eigenvalue weighted by Gasteiger charge is 2.13. The Balaban J connectivity index is 0.968. The van der Waals surface area contributed by atoms with Gasteiger partial charge in [0.1, 0.15) is 0 Å². The summed E-state index contributed by atoms with van der Waals surface area (Å²) in [6, 6.07) is 58.0. The van der Waals surface area contributed by atoms with E-state index in [2.05, 4.69) is 117 Å². The molecule has 0 aliphatic carbocycles. The zero-order chi connectivity index (χ0) is 36.1. The van der Waals surface area contributed by atoms with Crippen LogP contribution in [0.2, 0.25) is 0 Å². The van der Waals surface area contributed by atoms with Crippen LogP contribution in [-0.2, 0) is 0 Å². The average Bonchev–Trinajstić information content (AvgIpc) is 3.27. The molecule has 0 radical (unpaired) electrons. The Labute approximate surface area is 313 Å². The van der Waals surface area contributed by atoms with E-state index in [1.807, 2.05) is 72.8 Å². The van der Waals surface area contributed by atoms with Crippen LogP contribution >= 0.6 is 0 Å².